The molecular formula is C8H14N4O3. The predicted octanol–water partition coefficient (Wildman–Crippen LogP) is -2.85. The molecule has 2 atom stereocenters. The Morgan fingerprint density at radius 2 is 2.27 bits per heavy atom. The van der Waals surface area contributed by atoms with Gasteiger partial charge in [0.05, 0.1) is 18.6 Å². The molecule has 0 saturated carbocycles. The molecule has 2 unspecified atom stereocenters. The zero-order valence-corrected chi connectivity index (χ0v) is 8.40. The Labute approximate surface area is 86.8 Å². The Morgan fingerprint density at radius 3 is 2.80 bits per heavy atom. The summed E-state index contributed by atoms with van der Waals surface area (Å²) in [5, 5.41) is 2.18. The number of nitrogens with two attached hydrogens (primary N) is 2. The minimum atomic E-state index is -0.869. The van der Waals surface area contributed by atoms with E-state index in [1.807, 2.05) is 0 Å². The number of rotatable bonds is 3. The van der Waals surface area contributed by atoms with Crippen LogP contribution in [0.3, 0.4) is 0 Å². The molecule has 1 aliphatic rings. The first-order chi connectivity index (χ1) is 6.91. The number of primary amides is 1. The number of hydrogen-bond donors (Lipinski definition) is 3. The SMILES string of the molecule is CC1C(=O)NC(=O)CN1CC(N)C(N)=O. The zero-order chi connectivity index (χ0) is 11.6. The largest absolute Gasteiger partial charge is 0.368 e. The van der Waals surface area contributed by atoms with Crippen molar-refractivity contribution in [3.8, 4) is 0 Å². The predicted molar refractivity (Wildman–Crippen MR) is 51.4 cm³/mol. The van der Waals surface area contributed by atoms with Crippen LogP contribution < -0.4 is 16.8 Å². The summed E-state index contributed by atoms with van der Waals surface area (Å²) in [6.07, 6.45) is 0. The maximum atomic E-state index is 11.2. The standard InChI is InChI=1S/C8H14N4O3/c1-4-8(15)11-6(13)3-12(4)2-5(9)7(10)14/h4-5H,2-3,9H2,1H3,(H2,10,14)(H,11,13,15). The maximum absolute atomic E-state index is 11.2. The van der Waals surface area contributed by atoms with E-state index in [2.05, 4.69) is 5.32 Å². The highest BCUT2D eigenvalue weighted by Gasteiger charge is 2.31. The fourth-order valence-corrected chi connectivity index (χ4v) is 1.33. The Kier molecular flexibility index (Phi) is 3.38. The number of carbonyl (C=O) groups excluding carboxylic acids is 3. The number of nitrogens with zero attached hydrogens (tertiary/aromatic N) is 1. The van der Waals surface area contributed by atoms with Crippen LogP contribution in [0.1, 0.15) is 6.92 Å². The number of hydrogen-bond acceptors (Lipinski definition) is 5. The molecule has 7 nitrogen and oxygen atoms in total. The van der Waals surface area contributed by atoms with Crippen LogP contribution in [0, 0.1) is 0 Å². The molecule has 1 heterocycles. The molecule has 1 rings (SSSR count). The van der Waals surface area contributed by atoms with Gasteiger partial charge in [0.1, 0.15) is 0 Å². The van der Waals surface area contributed by atoms with Crippen LogP contribution in [-0.2, 0) is 14.4 Å². The van der Waals surface area contributed by atoms with E-state index >= 15 is 0 Å². The Bertz CT molecular complexity index is 304. The molecule has 3 amide bonds. The third-order valence-corrected chi connectivity index (χ3v) is 2.33. The molecule has 7 heteroatoms. The van der Waals surface area contributed by atoms with Crippen molar-refractivity contribution < 1.29 is 14.4 Å². The molecule has 0 spiro atoms. The Hall–Kier alpha value is -1.47. The zero-order valence-electron chi connectivity index (χ0n) is 8.40. The number of amides is 3. The van der Waals surface area contributed by atoms with Gasteiger partial charge in [0, 0.05) is 6.54 Å². The molecule has 1 saturated heterocycles. The van der Waals surface area contributed by atoms with Crippen LogP contribution in [0.4, 0.5) is 0 Å². The molecule has 84 valence electrons. The normalized spacial score (nSPS) is 24.8. The Balaban J connectivity index is 2.63. The highest BCUT2D eigenvalue weighted by molar-refractivity contribution is 6.00. The maximum Gasteiger partial charge on any atom is 0.243 e. The van der Waals surface area contributed by atoms with Crippen molar-refractivity contribution >= 4 is 17.7 Å². The number of piperazine rings is 1. The van der Waals surface area contributed by atoms with E-state index in [4.69, 9.17) is 11.5 Å². The number of imide groups is 1. The number of nitrogens with one attached hydrogen (secondary N) is 1. The summed E-state index contributed by atoms with van der Waals surface area (Å²) in [5.41, 5.74) is 10.4. The smallest absolute Gasteiger partial charge is 0.243 e. The minimum absolute atomic E-state index is 0.0495. The van der Waals surface area contributed by atoms with Crippen molar-refractivity contribution in [2.24, 2.45) is 11.5 Å². The minimum Gasteiger partial charge on any atom is -0.368 e. The fourth-order valence-electron chi connectivity index (χ4n) is 1.33. The fraction of sp³-hybridized carbons (Fsp3) is 0.625. The van der Waals surface area contributed by atoms with Crippen molar-refractivity contribution in [1.29, 1.82) is 0 Å². The summed E-state index contributed by atoms with van der Waals surface area (Å²) in [4.78, 5) is 34.5. The summed E-state index contributed by atoms with van der Waals surface area (Å²) in [6.45, 7) is 1.79. The van der Waals surface area contributed by atoms with Gasteiger partial charge in [0.2, 0.25) is 17.7 Å². The lowest BCUT2D eigenvalue weighted by atomic mass is 10.1. The Morgan fingerprint density at radius 1 is 1.67 bits per heavy atom. The molecule has 0 radical (unpaired) electrons. The lowest BCUT2D eigenvalue weighted by Gasteiger charge is -2.32. The lowest BCUT2D eigenvalue weighted by molar-refractivity contribution is -0.140. The van der Waals surface area contributed by atoms with Gasteiger partial charge >= 0.3 is 0 Å². The van der Waals surface area contributed by atoms with Crippen LogP contribution >= 0.6 is 0 Å². The molecule has 0 aromatic carbocycles. The van der Waals surface area contributed by atoms with Crippen molar-refractivity contribution in [3.05, 3.63) is 0 Å². The summed E-state index contributed by atoms with van der Waals surface area (Å²) in [7, 11) is 0. The van der Waals surface area contributed by atoms with E-state index in [1.165, 1.54) is 4.90 Å². The molecule has 0 bridgehead atoms. The van der Waals surface area contributed by atoms with Crippen molar-refractivity contribution in [2.75, 3.05) is 13.1 Å². The summed E-state index contributed by atoms with van der Waals surface area (Å²) in [6, 6.07) is -1.35. The summed E-state index contributed by atoms with van der Waals surface area (Å²) < 4.78 is 0. The monoisotopic (exact) mass is 214 g/mol. The summed E-state index contributed by atoms with van der Waals surface area (Å²) in [5.74, 6) is -1.43. The average Bonchev–Trinajstić information content (AvgIpc) is 2.13. The second-order valence-corrected chi connectivity index (χ2v) is 3.53. The van der Waals surface area contributed by atoms with Crippen molar-refractivity contribution in [3.63, 3.8) is 0 Å². The third kappa shape index (κ3) is 2.74. The average molecular weight is 214 g/mol. The van der Waals surface area contributed by atoms with Gasteiger partial charge in [-0.05, 0) is 6.92 Å². The van der Waals surface area contributed by atoms with Crippen LogP contribution in [0.25, 0.3) is 0 Å². The first-order valence-electron chi connectivity index (χ1n) is 4.54. The van der Waals surface area contributed by atoms with Gasteiger partial charge < -0.3 is 11.5 Å². The molecule has 1 fully saturated rings. The van der Waals surface area contributed by atoms with Gasteiger partial charge in [-0.2, -0.15) is 0 Å². The third-order valence-electron chi connectivity index (χ3n) is 2.33. The van der Waals surface area contributed by atoms with Crippen LogP contribution in [0.15, 0.2) is 0 Å². The molecule has 15 heavy (non-hydrogen) atoms. The molecule has 1 aliphatic heterocycles. The molecule has 5 N–H and O–H groups in total. The molecular weight excluding hydrogens is 200 g/mol. The quantitative estimate of drug-likeness (QED) is 0.437. The van der Waals surface area contributed by atoms with Crippen molar-refractivity contribution in [1.82, 2.24) is 10.2 Å². The first-order valence-corrected chi connectivity index (χ1v) is 4.54. The second kappa shape index (κ2) is 4.37. The topological polar surface area (TPSA) is 119 Å². The first kappa shape index (κ1) is 11.6. The van der Waals surface area contributed by atoms with Gasteiger partial charge in [0.15, 0.2) is 0 Å². The number of carbonyl (C=O) groups is 3. The van der Waals surface area contributed by atoms with E-state index in [9.17, 15) is 14.4 Å². The van der Waals surface area contributed by atoms with Gasteiger partial charge in [-0.3, -0.25) is 24.6 Å². The highest BCUT2D eigenvalue weighted by Crippen LogP contribution is 2.04. The van der Waals surface area contributed by atoms with Crippen molar-refractivity contribution in [2.45, 2.75) is 19.0 Å². The van der Waals surface area contributed by atoms with E-state index in [-0.39, 0.29) is 19.0 Å². The van der Waals surface area contributed by atoms with E-state index in [1.54, 1.807) is 6.92 Å². The summed E-state index contributed by atoms with van der Waals surface area (Å²) >= 11 is 0. The van der Waals surface area contributed by atoms with Crippen LogP contribution in [0.5, 0.6) is 0 Å². The van der Waals surface area contributed by atoms with E-state index in [0.717, 1.165) is 0 Å². The second-order valence-electron chi connectivity index (χ2n) is 3.53. The van der Waals surface area contributed by atoms with E-state index in [0.29, 0.717) is 0 Å². The molecule has 0 aromatic rings. The van der Waals surface area contributed by atoms with Gasteiger partial charge in [-0.15, -0.1) is 0 Å². The van der Waals surface area contributed by atoms with Gasteiger partial charge in [0.25, 0.3) is 0 Å². The van der Waals surface area contributed by atoms with Crippen LogP contribution in [-0.4, -0.2) is 47.8 Å². The van der Waals surface area contributed by atoms with E-state index < -0.39 is 23.9 Å². The highest BCUT2D eigenvalue weighted by atomic mass is 16.2. The molecule has 0 aromatic heterocycles. The lowest BCUT2D eigenvalue weighted by Crippen LogP contribution is -2.60. The van der Waals surface area contributed by atoms with Gasteiger partial charge in [-0.25, -0.2) is 0 Å². The molecule has 0 aliphatic carbocycles. The van der Waals surface area contributed by atoms with Crippen LogP contribution in [0.2, 0.25) is 0 Å². The van der Waals surface area contributed by atoms with Gasteiger partial charge in [-0.1, -0.05) is 0 Å².